The van der Waals surface area contributed by atoms with Gasteiger partial charge in [0, 0.05) is 25.9 Å². The lowest BCUT2D eigenvalue weighted by atomic mass is 10.2. The molecule has 0 saturated carbocycles. The lowest BCUT2D eigenvalue weighted by molar-refractivity contribution is -0.137. The number of carboxylic acids is 1. The Morgan fingerprint density at radius 2 is 2.05 bits per heavy atom. The molecule has 0 bridgehead atoms. The molecule has 0 aliphatic heterocycles. The summed E-state index contributed by atoms with van der Waals surface area (Å²) in [7, 11) is 2.04. The number of aryl methyl sites for hydroxylation is 1. The minimum absolute atomic E-state index is 0.00947. The van der Waals surface area contributed by atoms with E-state index in [9.17, 15) is 4.79 Å². The van der Waals surface area contributed by atoms with E-state index < -0.39 is 5.97 Å². The highest BCUT2D eigenvalue weighted by Gasteiger charge is 2.09. The van der Waals surface area contributed by atoms with E-state index >= 15 is 0 Å². The van der Waals surface area contributed by atoms with Crippen molar-refractivity contribution >= 4 is 5.97 Å². The summed E-state index contributed by atoms with van der Waals surface area (Å²) in [6.45, 7) is 1.68. The van der Waals surface area contributed by atoms with Crippen molar-refractivity contribution in [3.63, 3.8) is 0 Å². The van der Waals surface area contributed by atoms with Crippen LogP contribution in [0.1, 0.15) is 23.7 Å². The second-order valence-corrected chi connectivity index (χ2v) is 4.97. The van der Waals surface area contributed by atoms with Crippen molar-refractivity contribution in [3.05, 3.63) is 47.6 Å². The molecule has 0 aliphatic carbocycles. The maximum Gasteiger partial charge on any atom is 0.303 e. The van der Waals surface area contributed by atoms with E-state index in [0.717, 1.165) is 13.1 Å². The van der Waals surface area contributed by atoms with Gasteiger partial charge in [0.25, 0.3) is 0 Å². The van der Waals surface area contributed by atoms with Gasteiger partial charge in [-0.15, -0.1) is 0 Å². The van der Waals surface area contributed by atoms with E-state index in [4.69, 9.17) is 9.63 Å². The van der Waals surface area contributed by atoms with Crippen LogP contribution >= 0.6 is 0 Å². The van der Waals surface area contributed by atoms with E-state index in [1.54, 1.807) is 0 Å². The predicted molar refractivity (Wildman–Crippen MR) is 76.7 cm³/mol. The topological polar surface area (TPSA) is 79.5 Å². The smallest absolute Gasteiger partial charge is 0.303 e. The van der Waals surface area contributed by atoms with Crippen LogP contribution in [0.25, 0.3) is 0 Å². The summed E-state index contributed by atoms with van der Waals surface area (Å²) < 4.78 is 5.02. The Kier molecular flexibility index (Phi) is 5.45. The van der Waals surface area contributed by atoms with Gasteiger partial charge >= 0.3 is 5.97 Å². The molecule has 1 aromatic heterocycles. The maximum atomic E-state index is 10.5. The van der Waals surface area contributed by atoms with E-state index in [-0.39, 0.29) is 12.8 Å². The minimum Gasteiger partial charge on any atom is -0.481 e. The van der Waals surface area contributed by atoms with Crippen LogP contribution in [0, 0.1) is 0 Å². The van der Waals surface area contributed by atoms with Gasteiger partial charge in [-0.1, -0.05) is 35.5 Å². The zero-order valence-electron chi connectivity index (χ0n) is 12.0. The fraction of sp³-hybridized carbons (Fsp3) is 0.400. The van der Waals surface area contributed by atoms with Crippen LogP contribution < -0.4 is 0 Å². The Balaban J connectivity index is 1.76. The Morgan fingerprint density at radius 3 is 2.76 bits per heavy atom. The number of carbonyl (C=O) groups is 1. The highest BCUT2D eigenvalue weighted by atomic mass is 16.5. The van der Waals surface area contributed by atoms with Gasteiger partial charge in [-0.3, -0.25) is 4.79 Å². The average molecular weight is 289 g/mol. The number of nitrogens with zero attached hydrogens (tertiary/aromatic N) is 3. The van der Waals surface area contributed by atoms with Gasteiger partial charge < -0.3 is 14.5 Å². The van der Waals surface area contributed by atoms with Gasteiger partial charge in [0.15, 0.2) is 5.82 Å². The Labute approximate surface area is 123 Å². The van der Waals surface area contributed by atoms with Gasteiger partial charge in [0.05, 0.1) is 6.42 Å². The molecule has 0 saturated heterocycles. The first kappa shape index (κ1) is 15.2. The summed E-state index contributed by atoms with van der Waals surface area (Å²) in [6, 6.07) is 10.2. The molecule has 0 radical (unpaired) electrons. The molecule has 0 atom stereocenters. The molecule has 0 fully saturated rings. The number of aliphatic carboxylic acids is 1. The van der Waals surface area contributed by atoms with Crippen LogP contribution in [0.4, 0.5) is 0 Å². The molecular weight excluding hydrogens is 270 g/mol. The number of benzene rings is 1. The Bertz CT molecular complexity index is 569. The van der Waals surface area contributed by atoms with Gasteiger partial charge in [-0.25, -0.2) is 0 Å². The van der Waals surface area contributed by atoms with E-state index in [0.29, 0.717) is 18.1 Å². The van der Waals surface area contributed by atoms with Crippen molar-refractivity contribution in [2.24, 2.45) is 0 Å². The molecule has 2 rings (SSSR count). The van der Waals surface area contributed by atoms with E-state index in [1.807, 2.05) is 25.2 Å². The molecule has 0 spiro atoms. The monoisotopic (exact) mass is 289 g/mol. The summed E-state index contributed by atoms with van der Waals surface area (Å²) in [4.78, 5) is 16.8. The number of aromatic nitrogens is 2. The number of rotatable bonds is 8. The van der Waals surface area contributed by atoms with Crippen molar-refractivity contribution in [1.29, 1.82) is 0 Å². The van der Waals surface area contributed by atoms with E-state index in [1.165, 1.54) is 5.56 Å². The quantitative estimate of drug-likeness (QED) is 0.797. The SMILES string of the molecule is CN(CCc1noc(CCC(=O)O)n1)Cc1ccccc1. The Morgan fingerprint density at radius 1 is 1.29 bits per heavy atom. The normalized spacial score (nSPS) is 11.0. The number of carboxylic acid groups (broad SMARTS) is 1. The fourth-order valence-corrected chi connectivity index (χ4v) is 1.97. The molecule has 6 nitrogen and oxygen atoms in total. The van der Waals surface area contributed by atoms with Gasteiger partial charge in [0.2, 0.25) is 5.89 Å². The summed E-state index contributed by atoms with van der Waals surface area (Å²) >= 11 is 0. The summed E-state index contributed by atoms with van der Waals surface area (Å²) in [5.41, 5.74) is 1.26. The first-order chi connectivity index (χ1) is 10.1. The zero-order valence-corrected chi connectivity index (χ0v) is 12.0. The first-order valence-electron chi connectivity index (χ1n) is 6.89. The van der Waals surface area contributed by atoms with Crippen LogP contribution in [0.3, 0.4) is 0 Å². The van der Waals surface area contributed by atoms with Crippen molar-refractivity contribution < 1.29 is 14.4 Å². The molecule has 6 heteroatoms. The van der Waals surface area contributed by atoms with E-state index in [2.05, 4.69) is 27.2 Å². The van der Waals surface area contributed by atoms with Crippen molar-refractivity contribution in [3.8, 4) is 0 Å². The molecule has 0 unspecified atom stereocenters. The van der Waals surface area contributed by atoms with Crippen molar-refractivity contribution in [1.82, 2.24) is 15.0 Å². The molecule has 1 heterocycles. The molecule has 21 heavy (non-hydrogen) atoms. The number of likely N-dealkylation sites (N-methyl/N-ethyl adjacent to an activating group) is 1. The van der Waals surface area contributed by atoms with Crippen LogP contribution in [0.5, 0.6) is 0 Å². The van der Waals surface area contributed by atoms with Crippen LogP contribution in [0.15, 0.2) is 34.9 Å². The molecule has 112 valence electrons. The Hall–Kier alpha value is -2.21. The van der Waals surface area contributed by atoms with Crippen molar-refractivity contribution in [2.45, 2.75) is 25.8 Å². The third-order valence-electron chi connectivity index (χ3n) is 3.08. The van der Waals surface area contributed by atoms with Crippen LogP contribution in [-0.2, 0) is 24.2 Å². The zero-order chi connectivity index (χ0) is 15.1. The molecule has 0 amide bonds. The summed E-state index contributed by atoms with van der Waals surface area (Å²) in [5, 5.41) is 12.5. The molecule has 1 aromatic carbocycles. The highest BCUT2D eigenvalue weighted by Crippen LogP contribution is 2.05. The lowest BCUT2D eigenvalue weighted by Crippen LogP contribution is -2.21. The summed E-state index contributed by atoms with van der Waals surface area (Å²) in [5.74, 6) is 0.144. The van der Waals surface area contributed by atoms with Gasteiger partial charge in [-0.05, 0) is 12.6 Å². The van der Waals surface area contributed by atoms with Gasteiger partial charge in [-0.2, -0.15) is 4.98 Å². The molecule has 0 aliphatic rings. The third-order valence-corrected chi connectivity index (χ3v) is 3.08. The van der Waals surface area contributed by atoms with Crippen LogP contribution in [0.2, 0.25) is 0 Å². The predicted octanol–water partition coefficient (Wildman–Crippen LogP) is 1.76. The number of hydrogen-bond donors (Lipinski definition) is 1. The summed E-state index contributed by atoms with van der Waals surface area (Å²) in [6.07, 6.45) is 0.970. The lowest BCUT2D eigenvalue weighted by Gasteiger charge is -2.15. The highest BCUT2D eigenvalue weighted by molar-refractivity contribution is 5.66. The third kappa shape index (κ3) is 5.35. The first-order valence-corrected chi connectivity index (χ1v) is 6.89. The van der Waals surface area contributed by atoms with Crippen molar-refractivity contribution in [2.75, 3.05) is 13.6 Å². The van der Waals surface area contributed by atoms with Gasteiger partial charge in [0.1, 0.15) is 0 Å². The fourth-order valence-electron chi connectivity index (χ4n) is 1.97. The standard InChI is InChI=1S/C15H19N3O3/c1-18(11-12-5-3-2-4-6-12)10-9-13-16-14(21-17-13)7-8-15(19)20/h2-6H,7-11H2,1H3,(H,19,20). The largest absolute Gasteiger partial charge is 0.481 e. The molecular formula is C15H19N3O3. The average Bonchev–Trinajstić information content (AvgIpc) is 2.92. The minimum atomic E-state index is -0.864. The molecule has 1 N–H and O–H groups in total. The maximum absolute atomic E-state index is 10.5. The second-order valence-electron chi connectivity index (χ2n) is 4.97. The molecule has 2 aromatic rings. The number of hydrogen-bond acceptors (Lipinski definition) is 5. The second kappa shape index (κ2) is 7.54. The van der Waals surface area contributed by atoms with Crippen LogP contribution in [-0.4, -0.2) is 39.7 Å².